The standard InChI is InChI=1S/C16H19NO5/c1-11(2)7-14(22-3)12-5-4-6-13(8-12)17(9-15(18)19)10-16(20)21/h4-8H,1,9-10H2,2-3H3,(H,18,19)(H,20,21)/b14-7-. The fraction of sp³-hybridized carbons (Fsp3) is 0.250. The summed E-state index contributed by atoms with van der Waals surface area (Å²) >= 11 is 0. The molecule has 0 heterocycles. The van der Waals surface area contributed by atoms with Gasteiger partial charge in [-0.15, -0.1) is 0 Å². The van der Waals surface area contributed by atoms with Gasteiger partial charge >= 0.3 is 11.9 Å². The molecule has 0 aliphatic rings. The van der Waals surface area contributed by atoms with Crippen molar-refractivity contribution < 1.29 is 24.5 Å². The van der Waals surface area contributed by atoms with Crippen LogP contribution < -0.4 is 4.90 Å². The number of benzene rings is 1. The fourth-order valence-corrected chi connectivity index (χ4v) is 1.90. The van der Waals surface area contributed by atoms with E-state index in [0.717, 1.165) is 5.57 Å². The summed E-state index contributed by atoms with van der Waals surface area (Å²) in [5.74, 6) is -1.63. The van der Waals surface area contributed by atoms with E-state index in [4.69, 9.17) is 14.9 Å². The number of nitrogens with zero attached hydrogens (tertiary/aromatic N) is 1. The summed E-state index contributed by atoms with van der Waals surface area (Å²) in [5, 5.41) is 17.8. The number of carboxylic acids is 2. The van der Waals surface area contributed by atoms with E-state index >= 15 is 0 Å². The number of aliphatic carboxylic acids is 2. The molecule has 0 amide bonds. The Kier molecular flexibility index (Phi) is 6.19. The van der Waals surface area contributed by atoms with Gasteiger partial charge in [-0.2, -0.15) is 0 Å². The van der Waals surface area contributed by atoms with Crippen molar-refractivity contribution in [2.75, 3.05) is 25.1 Å². The lowest BCUT2D eigenvalue weighted by molar-refractivity contribution is -0.136. The molecule has 0 spiro atoms. The van der Waals surface area contributed by atoms with E-state index in [9.17, 15) is 9.59 Å². The first kappa shape index (κ1) is 17.3. The Hall–Kier alpha value is -2.76. The van der Waals surface area contributed by atoms with E-state index in [1.807, 2.05) is 6.92 Å². The van der Waals surface area contributed by atoms with E-state index in [-0.39, 0.29) is 0 Å². The van der Waals surface area contributed by atoms with Crippen LogP contribution in [0.2, 0.25) is 0 Å². The van der Waals surface area contributed by atoms with Gasteiger partial charge in [0.15, 0.2) is 0 Å². The summed E-state index contributed by atoms with van der Waals surface area (Å²) in [6, 6.07) is 6.85. The number of carbonyl (C=O) groups is 2. The molecule has 1 aromatic carbocycles. The highest BCUT2D eigenvalue weighted by Crippen LogP contribution is 2.23. The number of allylic oxidation sites excluding steroid dienone is 2. The maximum atomic E-state index is 10.9. The SMILES string of the molecule is C=C(C)/C=C(\OC)c1cccc(N(CC(=O)O)CC(=O)O)c1. The maximum Gasteiger partial charge on any atom is 0.323 e. The van der Waals surface area contributed by atoms with Crippen molar-refractivity contribution in [2.45, 2.75) is 6.92 Å². The average molecular weight is 305 g/mol. The number of ether oxygens (including phenoxy) is 1. The third-order valence-electron chi connectivity index (χ3n) is 2.75. The lowest BCUT2D eigenvalue weighted by Crippen LogP contribution is -2.34. The minimum Gasteiger partial charge on any atom is -0.496 e. The molecule has 0 aromatic heterocycles. The molecule has 1 rings (SSSR count). The summed E-state index contributed by atoms with van der Waals surface area (Å²) in [6.07, 6.45) is 1.75. The predicted octanol–water partition coefficient (Wildman–Crippen LogP) is 2.23. The van der Waals surface area contributed by atoms with Crippen LogP contribution in [0.25, 0.3) is 5.76 Å². The Bertz CT molecular complexity index is 590. The van der Waals surface area contributed by atoms with Crippen LogP contribution in [0.15, 0.2) is 42.5 Å². The number of hydrogen-bond donors (Lipinski definition) is 2. The number of rotatable bonds is 8. The Balaban J connectivity index is 3.18. The summed E-state index contributed by atoms with van der Waals surface area (Å²) in [4.78, 5) is 23.1. The van der Waals surface area contributed by atoms with E-state index < -0.39 is 25.0 Å². The Morgan fingerprint density at radius 2 is 1.86 bits per heavy atom. The second-order valence-electron chi connectivity index (χ2n) is 4.75. The minimum atomic E-state index is -1.10. The maximum absolute atomic E-state index is 10.9. The van der Waals surface area contributed by atoms with Crippen LogP contribution in [0, 0.1) is 0 Å². The van der Waals surface area contributed by atoms with Gasteiger partial charge in [-0.1, -0.05) is 24.3 Å². The second kappa shape index (κ2) is 7.87. The van der Waals surface area contributed by atoms with Crippen molar-refractivity contribution in [3.63, 3.8) is 0 Å². The van der Waals surface area contributed by atoms with Crippen LogP contribution in [0.5, 0.6) is 0 Å². The molecule has 0 aliphatic heterocycles. The third-order valence-corrected chi connectivity index (χ3v) is 2.75. The normalized spacial score (nSPS) is 10.9. The smallest absolute Gasteiger partial charge is 0.323 e. The molecular weight excluding hydrogens is 286 g/mol. The van der Waals surface area contributed by atoms with Gasteiger partial charge in [0.1, 0.15) is 18.8 Å². The monoisotopic (exact) mass is 305 g/mol. The molecule has 0 radical (unpaired) electrons. The van der Waals surface area contributed by atoms with Gasteiger partial charge in [0.05, 0.1) is 7.11 Å². The summed E-state index contributed by atoms with van der Waals surface area (Å²) < 4.78 is 5.29. The van der Waals surface area contributed by atoms with Crippen LogP contribution in [0.1, 0.15) is 12.5 Å². The van der Waals surface area contributed by atoms with Crippen molar-refractivity contribution in [1.29, 1.82) is 0 Å². The first-order valence-corrected chi connectivity index (χ1v) is 6.53. The molecule has 0 aliphatic carbocycles. The molecule has 0 unspecified atom stereocenters. The van der Waals surface area contributed by atoms with Crippen molar-refractivity contribution in [3.05, 3.63) is 48.1 Å². The lowest BCUT2D eigenvalue weighted by Gasteiger charge is -2.21. The zero-order valence-corrected chi connectivity index (χ0v) is 12.6. The minimum absolute atomic E-state index is 0.401. The number of hydrogen-bond acceptors (Lipinski definition) is 4. The lowest BCUT2D eigenvalue weighted by atomic mass is 10.1. The molecule has 0 fully saturated rings. The van der Waals surface area contributed by atoms with Gasteiger partial charge in [-0.05, 0) is 25.1 Å². The molecule has 0 saturated heterocycles. The van der Waals surface area contributed by atoms with E-state index in [2.05, 4.69) is 6.58 Å². The zero-order valence-electron chi connectivity index (χ0n) is 12.6. The number of methoxy groups -OCH3 is 1. The van der Waals surface area contributed by atoms with Crippen molar-refractivity contribution >= 4 is 23.4 Å². The average Bonchev–Trinajstić information content (AvgIpc) is 2.43. The quantitative estimate of drug-likeness (QED) is 0.565. The van der Waals surface area contributed by atoms with Gasteiger partial charge in [0.25, 0.3) is 0 Å². The van der Waals surface area contributed by atoms with Crippen LogP contribution >= 0.6 is 0 Å². The molecule has 1 aromatic rings. The first-order chi connectivity index (χ1) is 10.3. The van der Waals surface area contributed by atoms with Crippen LogP contribution in [0.4, 0.5) is 5.69 Å². The van der Waals surface area contributed by atoms with E-state index in [1.165, 1.54) is 12.0 Å². The first-order valence-electron chi connectivity index (χ1n) is 6.53. The van der Waals surface area contributed by atoms with Crippen molar-refractivity contribution in [3.8, 4) is 0 Å². The Morgan fingerprint density at radius 3 is 2.32 bits per heavy atom. The molecule has 2 N–H and O–H groups in total. The fourth-order valence-electron chi connectivity index (χ4n) is 1.90. The molecule has 0 atom stereocenters. The van der Waals surface area contributed by atoms with E-state index in [1.54, 1.807) is 30.3 Å². The highest BCUT2D eigenvalue weighted by molar-refractivity contribution is 5.80. The number of anilines is 1. The predicted molar refractivity (Wildman–Crippen MR) is 83.7 cm³/mol. The van der Waals surface area contributed by atoms with Crippen LogP contribution in [-0.2, 0) is 14.3 Å². The molecular formula is C16H19NO5. The van der Waals surface area contributed by atoms with Crippen LogP contribution in [0.3, 0.4) is 0 Å². The van der Waals surface area contributed by atoms with Crippen LogP contribution in [-0.4, -0.2) is 42.4 Å². The third kappa shape index (κ3) is 5.32. The number of carboxylic acid groups (broad SMARTS) is 2. The van der Waals surface area contributed by atoms with Crippen molar-refractivity contribution in [1.82, 2.24) is 0 Å². The Labute approximate surface area is 128 Å². The second-order valence-corrected chi connectivity index (χ2v) is 4.75. The molecule has 22 heavy (non-hydrogen) atoms. The molecule has 6 heteroatoms. The van der Waals surface area contributed by atoms with Gasteiger partial charge in [0.2, 0.25) is 0 Å². The zero-order chi connectivity index (χ0) is 16.7. The molecule has 118 valence electrons. The van der Waals surface area contributed by atoms with Gasteiger partial charge in [-0.25, -0.2) is 0 Å². The highest BCUT2D eigenvalue weighted by atomic mass is 16.5. The van der Waals surface area contributed by atoms with Gasteiger partial charge in [-0.3, -0.25) is 9.59 Å². The largest absolute Gasteiger partial charge is 0.496 e. The molecule has 6 nitrogen and oxygen atoms in total. The van der Waals surface area contributed by atoms with E-state index in [0.29, 0.717) is 17.0 Å². The topological polar surface area (TPSA) is 87.1 Å². The molecule has 0 bridgehead atoms. The van der Waals surface area contributed by atoms with Gasteiger partial charge in [0, 0.05) is 11.3 Å². The summed E-state index contributed by atoms with van der Waals surface area (Å²) in [7, 11) is 1.52. The van der Waals surface area contributed by atoms with Crippen molar-refractivity contribution in [2.24, 2.45) is 0 Å². The highest BCUT2D eigenvalue weighted by Gasteiger charge is 2.15. The summed E-state index contributed by atoms with van der Waals surface area (Å²) in [5.41, 5.74) is 2.01. The van der Waals surface area contributed by atoms with Gasteiger partial charge < -0.3 is 19.8 Å². The summed E-state index contributed by atoms with van der Waals surface area (Å²) in [6.45, 7) is 4.80. The Morgan fingerprint density at radius 1 is 1.27 bits per heavy atom. The molecule has 0 saturated carbocycles.